The van der Waals surface area contributed by atoms with Crippen LogP contribution in [-0.2, 0) is 13.0 Å². The number of aryl methyl sites for hydroxylation is 2. The number of hydrogen-bond acceptors (Lipinski definition) is 3. The Bertz CT molecular complexity index is 925. The first-order chi connectivity index (χ1) is 12.0. The van der Waals surface area contributed by atoms with E-state index in [0.29, 0.717) is 41.6 Å². The molecule has 6 heteroatoms. The van der Waals surface area contributed by atoms with Crippen LogP contribution >= 0.6 is 0 Å². The van der Waals surface area contributed by atoms with Gasteiger partial charge in [0.15, 0.2) is 11.2 Å². The molecule has 0 spiro atoms. The predicted octanol–water partition coefficient (Wildman–Crippen LogP) is 3.72. The van der Waals surface area contributed by atoms with E-state index < -0.39 is 0 Å². The van der Waals surface area contributed by atoms with Gasteiger partial charge in [-0.05, 0) is 43.5 Å². The molecule has 0 amide bonds. The number of halogens is 1. The maximum atomic E-state index is 13.3. The van der Waals surface area contributed by atoms with E-state index in [9.17, 15) is 9.18 Å². The molecular weight excluding hydrogens is 319 g/mol. The summed E-state index contributed by atoms with van der Waals surface area (Å²) < 4.78 is 16.7. The fraction of sp³-hybridized carbons (Fsp3) is 0.421. The summed E-state index contributed by atoms with van der Waals surface area (Å²) in [6.07, 6.45) is 4.34. The van der Waals surface area contributed by atoms with Gasteiger partial charge in [0.1, 0.15) is 11.6 Å². The molecular formula is C19H23FN4O. The van der Waals surface area contributed by atoms with Crippen molar-refractivity contribution in [1.29, 1.82) is 0 Å². The summed E-state index contributed by atoms with van der Waals surface area (Å²) in [5.74, 6) is 0.957. The molecule has 3 aromatic rings. The number of aromatic nitrogens is 4. The van der Waals surface area contributed by atoms with Gasteiger partial charge in [-0.3, -0.25) is 9.36 Å². The third-order valence-electron chi connectivity index (χ3n) is 4.32. The minimum Gasteiger partial charge on any atom is -0.315 e. The maximum Gasteiger partial charge on any atom is 0.286 e. The molecule has 132 valence electrons. The molecule has 0 unspecified atom stereocenters. The summed E-state index contributed by atoms with van der Waals surface area (Å²) in [5.41, 5.74) is 1.37. The molecule has 0 N–H and O–H groups in total. The second kappa shape index (κ2) is 7.17. The van der Waals surface area contributed by atoms with E-state index in [4.69, 9.17) is 4.98 Å². The van der Waals surface area contributed by atoms with E-state index in [1.807, 2.05) is 11.5 Å². The smallest absolute Gasteiger partial charge is 0.286 e. The highest BCUT2D eigenvalue weighted by Gasteiger charge is 2.16. The summed E-state index contributed by atoms with van der Waals surface area (Å²) in [6, 6.07) is 5.92. The lowest BCUT2D eigenvalue weighted by atomic mass is 10.1. The number of rotatable bonds is 6. The van der Waals surface area contributed by atoms with Gasteiger partial charge < -0.3 is 4.57 Å². The molecule has 5 nitrogen and oxygen atoms in total. The zero-order valence-electron chi connectivity index (χ0n) is 14.9. The average Bonchev–Trinajstić information content (AvgIpc) is 2.99. The molecule has 0 saturated carbocycles. The van der Waals surface area contributed by atoms with Crippen LogP contribution < -0.4 is 5.56 Å². The topological polar surface area (TPSA) is 52.7 Å². The highest BCUT2D eigenvalue weighted by Crippen LogP contribution is 2.16. The molecule has 0 aliphatic rings. The Balaban J connectivity index is 2.15. The molecule has 1 aromatic carbocycles. The van der Waals surface area contributed by atoms with Gasteiger partial charge >= 0.3 is 0 Å². The Morgan fingerprint density at radius 2 is 1.92 bits per heavy atom. The second-order valence-electron chi connectivity index (χ2n) is 6.63. The highest BCUT2D eigenvalue weighted by atomic mass is 19.1. The fourth-order valence-electron chi connectivity index (χ4n) is 2.96. The van der Waals surface area contributed by atoms with Crippen molar-refractivity contribution >= 4 is 11.2 Å². The van der Waals surface area contributed by atoms with E-state index >= 15 is 0 Å². The van der Waals surface area contributed by atoms with Crippen LogP contribution in [0, 0.1) is 11.7 Å². The summed E-state index contributed by atoms with van der Waals surface area (Å²) in [5, 5.41) is 0. The number of nitrogens with zero attached hydrogens (tertiary/aromatic N) is 4. The molecule has 0 bridgehead atoms. The average molecular weight is 342 g/mol. The molecule has 0 saturated heterocycles. The van der Waals surface area contributed by atoms with Crippen molar-refractivity contribution < 1.29 is 4.39 Å². The molecule has 0 aliphatic carbocycles. The molecule has 0 radical (unpaired) electrons. The van der Waals surface area contributed by atoms with Crippen molar-refractivity contribution in [3.05, 3.63) is 52.6 Å². The maximum absolute atomic E-state index is 13.3. The Morgan fingerprint density at radius 1 is 1.20 bits per heavy atom. The quantitative estimate of drug-likeness (QED) is 0.686. The van der Waals surface area contributed by atoms with Gasteiger partial charge in [-0.25, -0.2) is 14.4 Å². The van der Waals surface area contributed by atoms with Crippen LogP contribution in [0.3, 0.4) is 0 Å². The van der Waals surface area contributed by atoms with Gasteiger partial charge in [0.2, 0.25) is 0 Å². The lowest BCUT2D eigenvalue weighted by Crippen LogP contribution is -2.24. The van der Waals surface area contributed by atoms with E-state index in [1.165, 1.54) is 12.1 Å². The van der Waals surface area contributed by atoms with Crippen molar-refractivity contribution in [3.8, 4) is 5.69 Å². The van der Waals surface area contributed by atoms with Crippen molar-refractivity contribution in [2.75, 3.05) is 0 Å². The third kappa shape index (κ3) is 3.48. The lowest BCUT2D eigenvalue weighted by Gasteiger charge is -2.13. The van der Waals surface area contributed by atoms with Crippen LogP contribution in [0.2, 0.25) is 0 Å². The van der Waals surface area contributed by atoms with Gasteiger partial charge in [0.25, 0.3) is 5.56 Å². The summed E-state index contributed by atoms with van der Waals surface area (Å²) in [6.45, 7) is 7.05. The van der Waals surface area contributed by atoms with E-state index in [-0.39, 0.29) is 11.4 Å². The molecule has 0 atom stereocenters. The van der Waals surface area contributed by atoms with Crippen LogP contribution in [0.15, 0.2) is 35.4 Å². The molecule has 2 heterocycles. The van der Waals surface area contributed by atoms with Crippen LogP contribution in [0.1, 0.15) is 39.4 Å². The third-order valence-corrected chi connectivity index (χ3v) is 4.32. The number of benzene rings is 1. The zero-order valence-corrected chi connectivity index (χ0v) is 14.9. The molecule has 25 heavy (non-hydrogen) atoms. The van der Waals surface area contributed by atoms with Crippen molar-refractivity contribution in [2.24, 2.45) is 5.92 Å². The number of hydrogen-bond donors (Lipinski definition) is 0. The van der Waals surface area contributed by atoms with Gasteiger partial charge in [0.05, 0.1) is 12.0 Å². The molecule has 3 rings (SSSR count). The lowest BCUT2D eigenvalue weighted by molar-refractivity contribution is 0.545. The van der Waals surface area contributed by atoms with Crippen LogP contribution in [0.4, 0.5) is 4.39 Å². The van der Waals surface area contributed by atoms with Crippen LogP contribution in [0.5, 0.6) is 0 Å². The minimum atomic E-state index is -0.331. The molecule has 0 aliphatic heterocycles. The normalized spacial score (nSPS) is 11.6. The standard InChI is InChI=1S/C19H23FN4O/c1-4-23-12-21-17-18(23)22-16(7-5-6-13(2)3)24(19(17)25)15-10-8-14(20)9-11-15/h8-13H,4-7H2,1-3H3. The minimum absolute atomic E-state index is 0.205. The first-order valence-corrected chi connectivity index (χ1v) is 8.74. The monoisotopic (exact) mass is 342 g/mol. The predicted molar refractivity (Wildman–Crippen MR) is 96.5 cm³/mol. The SMILES string of the molecule is CCn1cnc2c(=O)n(-c3ccc(F)cc3)c(CCCC(C)C)nc21. The largest absolute Gasteiger partial charge is 0.315 e. The van der Waals surface area contributed by atoms with Gasteiger partial charge in [-0.1, -0.05) is 20.3 Å². The van der Waals surface area contributed by atoms with Crippen LogP contribution in [-0.4, -0.2) is 19.1 Å². The van der Waals surface area contributed by atoms with E-state index in [2.05, 4.69) is 18.8 Å². The van der Waals surface area contributed by atoms with Gasteiger partial charge in [0, 0.05) is 13.0 Å². The van der Waals surface area contributed by atoms with Crippen molar-refractivity contribution in [3.63, 3.8) is 0 Å². The highest BCUT2D eigenvalue weighted by molar-refractivity contribution is 5.70. The van der Waals surface area contributed by atoms with Gasteiger partial charge in [-0.15, -0.1) is 0 Å². The summed E-state index contributed by atoms with van der Waals surface area (Å²) in [4.78, 5) is 22.0. The zero-order chi connectivity index (χ0) is 18.0. The first kappa shape index (κ1) is 17.3. The van der Waals surface area contributed by atoms with Gasteiger partial charge in [-0.2, -0.15) is 0 Å². The Kier molecular flexibility index (Phi) is 4.97. The van der Waals surface area contributed by atoms with Crippen LogP contribution in [0.25, 0.3) is 16.9 Å². The van der Waals surface area contributed by atoms with Crippen molar-refractivity contribution in [1.82, 2.24) is 19.1 Å². The van der Waals surface area contributed by atoms with E-state index in [0.717, 1.165) is 12.8 Å². The first-order valence-electron chi connectivity index (χ1n) is 8.74. The Hall–Kier alpha value is -2.50. The molecule has 2 aromatic heterocycles. The van der Waals surface area contributed by atoms with Crippen molar-refractivity contribution in [2.45, 2.75) is 46.6 Å². The second-order valence-corrected chi connectivity index (χ2v) is 6.63. The fourth-order valence-corrected chi connectivity index (χ4v) is 2.96. The molecule has 0 fully saturated rings. The van der Waals surface area contributed by atoms with E-state index in [1.54, 1.807) is 23.0 Å². The number of fused-ring (bicyclic) bond motifs is 1. The Labute approximate surface area is 146 Å². The summed E-state index contributed by atoms with van der Waals surface area (Å²) >= 11 is 0. The summed E-state index contributed by atoms with van der Waals surface area (Å²) in [7, 11) is 0. The Morgan fingerprint density at radius 3 is 2.56 bits per heavy atom. The number of imidazole rings is 1.